The van der Waals surface area contributed by atoms with Gasteiger partial charge in [-0.3, -0.25) is 0 Å². The highest BCUT2D eigenvalue weighted by atomic mass is 19.4. The molecule has 142 valence electrons. The number of carbonyl (C=O) groups is 1. The van der Waals surface area contributed by atoms with Crippen molar-refractivity contribution in [2.24, 2.45) is 0 Å². The van der Waals surface area contributed by atoms with Gasteiger partial charge in [0.2, 0.25) is 0 Å². The zero-order chi connectivity index (χ0) is 19.9. The van der Waals surface area contributed by atoms with Gasteiger partial charge in [-0.25, -0.2) is 4.79 Å². The first kappa shape index (κ1) is 19.9. The lowest BCUT2D eigenvalue weighted by atomic mass is 10.2. The Hall–Kier alpha value is -3.41. The molecule has 0 unspecified atom stereocenters. The molecule has 0 saturated heterocycles. The van der Waals surface area contributed by atoms with E-state index in [1.165, 1.54) is 18.2 Å². The van der Waals surface area contributed by atoms with Gasteiger partial charge in [0, 0.05) is 12.2 Å². The molecule has 0 aliphatic rings. The van der Waals surface area contributed by atoms with Crippen molar-refractivity contribution in [3.05, 3.63) is 53.6 Å². The van der Waals surface area contributed by atoms with Gasteiger partial charge in [0.1, 0.15) is 17.6 Å². The number of rotatable bonds is 6. The highest BCUT2D eigenvalue weighted by Gasteiger charge is 2.28. The van der Waals surface area contributed by atoms with Crippen molar-refractivity contribution in [3.63, 3.8) is 0 Å². The molecule has 0 bridgehead atoms. The molecular weight excluding hydrogens is 363 g/mol. The average Bonchev–Trinajstić information content (AvgIpc) is 2.65. The number of hydrogen-bond acceptors (Lipinski definition) is 4. The first-order valence-corrected chi connectivity index (χ1v) is 7.72. The predicted molar refractivity (Wildman–Crippen MR) is 91.6 cm³/mol. The number of urea groups is 1. The lowest BCUT2D eigenvalue weighted by Gasteiger charge is -2.12. The summed E-state index contributed by atoms with van der Waals surface area (Å²) in [6, 6.07) is 12.1. The second-order valence-corrected chi connectivity index (χ2v) is 5.38. The minimum atomic E-state index is -4.51. The Bertz CT molecular complexity index is 830. The lowest BCUT2D eigenvalue weighted by molar-refractivity contribution is -0.153. The third-order valence-corrected chi connectivity index (χ3v) is 3.36. The third-order valence-electron chi connectivity index (χ3n) is 3.36. The molecule has 2 N–H and O–H groups in total. The van der Waals surface area contributed by atoms with E-state index in [1.807, 2.05) is 0 Å². The van der Waals surface area contributed by atoms with E-state index in [9.17, 15) is 18.0 Å². The number of alkyl halides is 3. The highest BCUT2D eigenvalue weighted by molar-refractivity contribution is 5.89. The summed E-state index contributed by atoms with van der Waals surface area (Å²) in [5.74, 6) is 0.485. The Kier molecular flexibility index (Phi) is 6.49. The predicted octanol–water partition coefficient (Wildman–Crippen LogP) is 3.83. The molecule has 27 heavy (non-hydrogen) atoms. The molecule has 0 radical (unpaired) electrons. The molecule has 2 rings (SSSR count). The van der Waals surface area contributed by atoms with Crippen molar-refractivity contribution < 1.29 is 27.4 Å². The first-order chi connectivity index (χ1) is 12.8. The van der Waals surface area contributed by atoms with E-state index in [0.29, 0.717) is 5.75 Å². The molecule has 9 heteroatoms. The molecule has 0 atom stereocenters. The monoisotopic (exact) mass is 379 g/mol. The molecular formula is C18H16F3N3O3. The Morgan fingerprint density at radius 3 is 2.48 bits per heavy atom. The second kappa shape index (κ2) is 8.80. The Morgan fingerprint density at radius 1 is 1.19 bits per heavy atom. The van der Waals surface area contributed by atoms with E-state index in [1.54, 1.807) is 37.4 Å². The van der Waals surface area contributed by atoms with E-state index >= 15 is 0 Å². The molecule has 0 aliphatic carbocycles. The fourth-order valence-electron chi connectivity index (χ4n) is 2.08. The van der Waals surface area contributed by atoms with Crippen LogP contribution in [-0.4, -0.2) is 25.9 Å². The van der Waals surface area contributed by atoms with Crippen LogP contribution in [-0.2, 0) is 6.54 Å². The molecule has 0 heterocycles. The number of hydrogen-bond donors (Lipinski definition) is 2. The summed E-state index contributed by atoms with van der Waals surface area (Å²) in [4.78, 5) is 11.9. The number of carbonyl (C=O) groups excluding carboxylic acids is 1. The van der Waals surface area contributed by atoms with Gasteiger partial charge in [-0.05, 0) is 35.9 Å². The summed E-state index contributed by atoms with van der Waals surface area (Å²) in [6.07, 6.45) is -4.51. The summed E-state index contributed by atoms with van der Waals surface area (Å²) in [5, 5.41) is 14.2. The van der Waals surface area contributed by atoms with Gasteiger partial charge in [-0.1, -0.05) is 12.1 Å². The Labute approximate surface area is 153 Å². The van der Waals surface area contributed by atoms with Gasteiger partial charge in [0.25, 0.3) is 0 Å². The Balaban J connectivity index is 1.93. The molecule has 2 aromatic carbocycles. The van der Waals surface area contributed by atoms with Crippen LogP contribution < -0.4 is 20.1 Å². The molecule has 0 spiro atoms. The fourth-order valence-corrected chi connectivity index (χ4v) is 2.08. The van der Waals surface area contributed by atoms with Crippen LogP contribution in [0.5, 0.6) is 11.5 Å². The molecule has 0 saturated carbocycles. The van der Waals surface area contributed by atoms with Gasteiger partial charge in [-0.15, -0.1) is 0 Å². The standard InChI is InChI=1S/C18H16F3N3O3/c1-26-15-5-2-12(3-6-15)10-23-17(25)24-14-4-7-16(13(8-14)9-22)27-11-18(19,20)21/h2-8H,10-11H2,1H3,(H2,23,24,25). The number of methoxy groups -OCH3 is 1. The molecule has 0 fully saturated rings. The summed E-state index contributed by atoms with van der Waals surface area (Å²) < 4.78 is 46.3. The Morgan fingerprint density at radius 2 is 1.89 bits per heavy atom. The number of anilines is 1. The van der Waals surface area contributed by atoms with E-state index in [2.05, 4.69) is 15.4 Å². The number of halogens is 3. The fraction of sp³-hybridized carbons (Fsp3) is 0.222. The van der Waals surface area contributed by atoms with Gasteiger partial charge in [-0.2, -0.15) is 18.4 Å². The van der Waals surface area contributed by atoms with E-state index in [4.69, 9.17) is 10.00 Å². The maximum Gasteiger partial charge on any atom is 0.422 e. The zero-order valence-electron chi connectivity index (χ0n) is 14.3. The number of nitrogens with zero attached hydrogens (tertiary/aromatic N) is 1. The normalized spacial score (nSPS) is 10.6. The third kappa shape index (κ3) is 6.43. The van der Waals surface area contributed by atoms with Crippen molar-refractivity contribution in [2.45, 2.75) is 12.7 Å². The van der Waals surface area contributed by atoms with Crippen LogP contribution in [0.25, 0.3) is 0 Å². The molecule has 0 aromatic heterocycles. The summed E-state index contributed by atoms with van der Waals surface area (Å²) in [7, 11) is 1.55. The van der Waals surface area contributed by atoms with Crippen molar-refractivity contribution in [3.8, 4) is 17.6 Å². The SMILES string of the molecule is COc1ccc(CNC(=O)Nc2ccc(OCC(F)(F)F)c(C#N)c2)cc1. The molecule has 6 nitrogen and oxygen atoms in total. The smallest absolute Gasteiger partial charge is 0.422 e. The minimum absolute atomic E-state index is 0.118. The van der Waals surface area contributed by atoms with Crippen LogP contribution >= 0.6 is 0 Å². The minimum Gasteiger partial charge on any atom is -0.497 e. The van der Waals surface area contributed by atoms with Crippen molar-refractivity contribution in [2.75, 3.05) is 19.0 Å². The summed E-state index contributed by atoms with van der Waals surface area (Å²) >= 11 is 0. The largest absolute Gasteiger partial charge is 0.497 e. The van der Waals surface area contributed by atoms with Crippen molar-refractivity contribution in [1.29, 1.82) is 5.26 Å². The zero-order valence-corrected chi connectivity index (χ0v) is 14.3. The van der Waals surface area contributed by atoms with Gasteiger partial charge in [0.15, 0.2) is 6.61 Å². The van der Waals surface area contributed by atoms with E-state index in [-0.39, 0.29) is 23.5 Å². The maximum atomic E-state index is 12.2. The van der Waals surface area contributed by atoms with Crippen LogP contribution in [0.2, 0.25) is 0 Å². The van der Waals surface area contributed by atoms with Crippen molar-refractivity contribution >= 4 is 11.7 Å². The summed E-state index contributed by atoms with van der Waals surface area (Å²) in [6.45, 7) is -1.25. The average molecular weight is 379 g/mol. The van der Waals surface area contributed by atoms with E-state index in [0.717, 1.165) is 5.56 Å². The molecule has 2 aromatic rings. The van der Waals surface area contributed by atoms with Gasteiger partial charge < -0.3 is 20.1 Å². The number of ether oxygens (including phenoxy) is 2. The summed E-state index contributed by atoms with van der Waals surface area (Å²) in [5.41, 5.74) is 0.977. The topological polar surface area (TPSA) is 83.4 Å². The van der Waals surface area contributed by atoms with Crippen LogP contribution in [0.1, 0.15) is 11.1 Å². The van der Waals surface area contributed by atoms with Crippen LogP contribution in [0.4, 0.5) is 23.7 Å². The lowest BCUT2D eigenvalue weighted by Crippen LogP contribution is -2.28. The van der Waals surface area contributed by atoms with Gasteiger partial charge >= 0.3 is 12.2 Å². The van der Waals surface area contributed by atoms with Crippen molar-refractivity contribution in [1.82, 2.24) is 5.32 Å². The van der Waals surface area contributed by atoms with Crippen LogP contribution in [0.15, 0.2) is 42.5 Å². The maximum absolute atomic E-state index is 12.2. The highest BCUT2D eigenvalue weighted by Crippen LogP contribution is 2.24. The second-order valence-electron chi connectivity index (χ2n) is 5.38. The van der Waals surface area contributed by atoms with Crippen LogP contribution in [0, 0.1) is 11.3 Å². The number of amides is 2. The first-order valence-electron chi connectivity index (χ1n) is 7.72. The van der Waals surface area contributed by atoms with Gasteiger partial charge in [0.05, 0.1) is 12.7 Å². The van der Waals surface area contributed by atoms with E-state index < -0.39 is 18.8 Å². The quantitative estimate of drug-likeness (QED) is 0.799. The van der Waals surface area contributed by atoms with Crippen LogP contribution in [0.3, 0.4) is 0 Å². The number of nitrogens with one attached hydrogen (secondary N) is 2. The number of benzene rings is 2. The number of nitriles is 1. The molecule has 0 aliphatic heterocycles. The molecule has 2 amide bonds.